The molecule has 0 radical (unpaired) electrons. The molecule has 2 rings (SSSR count). The van der Waals surface area contributed by atoms with E-state index in [4.69, 9.17) is 9.47 Å². The van der Waals surface area contributed by atoms with Crippen LogP contribution in [0.4, 0.5) is 0 Å². The minimum Gasteiger partial charge on any atom is -0.466 e. The van der Waals surface area contributed by atoms with Gasteiger partial charge in [-0.05, 0) is 72.4 Å². The molecule has 180 valence electrons. The molecular formula is C29H40O4. The summed E-state index contributed by atoms with van der Waals surface area (Å²) in [4.78, 5) is 25.5. The van der Waals surface area contributed by atoms with Crippen molar-refractivity contribution in [3.63, 3.8) is 0 Å². The average Bonchev–Trinajstić information content (AvgIpc) is 2.77. The second-order valence-electron chi connectivity index (χ2n) is 9.98. The second-order valence-corrected chi connectivity index (χ2v) is 9.98. The fourth-order valence-corrected chi connectivity index (χ4v) is 3.80. The number of esters is 2. The zero-order valence-electron chi connectivity index (χ0n) is 21.6. The van der Waals surface area contributed by atoms with Crippen LogP contribution in [0.15, 0.2) is 36.4 Å². The van der Waals surface area contributed by atoms with Crippen LogP contribution in [0.1, 0.15) is 99.8 Å². The topological polar surface area (TPSA) is 52.6 Å². The molecule has 0 bridgehead atoms. The highest BCUT2D eigenvalue weighted by Gasteiger charge is 2.29. The molecule has 0 aromatic heterocycles. The smallest absolute Gasteiger partial charge is 0.343 e. The van der Waals surface area contributed by atoms with E-state index in [1.807, 2.05) is 45.0 Å². The lowest BCUT2D eigenvalue weighted by atomic mass is 9.80. The Hall–Kier alpha value is -2.62. The molecule has 0 N–H and O–H groups in total. The van der Waals surface area contributed by atoms with Crippen molar-refractivity contribution in [2.45, 2.75) is 86.0 Å². The summed E-state index contributed by atoms with van der Waals surface area (Å²) in [5.41, 5.74) is 4.53. The van der Waals surface area contributed by atoms with Gasteiger partial charge in [-0.25, -0.2) is 4.79 Å². The van der Waals surface area contributed by atoms with Gasteiger partial charge >= 0.3 is 11.9 Å². The standard InChI is InChI=1S/C29H40O4/c1-9-11-12-22-13-15-23(16-14-22)28(31)33-26-19(3)17-24(29(6,7)8)18-25(26)20(4)21(5)27(30)32-10-2/h13-18,20-21H,9-12H2,1-8H3. The van der Waals surface area contributed by atoms with Gasteiger partial charge in [-0.15, -0.1) is 0 Å². The van der Waals surface area contributed by atoms with Gasteiger partial charge in [0.05, 0.1) is 18.1 Å². The largest absolute Gasteiger partial charge is 0.466 e. The van der Waals surface area contributed by atoms with E-state index in [1.165, 1.54) is 5.56 Å². The summed E-state index contributed by atoms with van der Waals surface area (Å²) in [6, 6.07) is 11.8. The van der Waals surface area contributed by atoms with Crippen molar-refractivity contribution in [3.05, 3.63) is 64.2 Å². The fraction of sp³-hybridized carbons (Fsp3) is 0.517. The zero-order valence-corrected chi connectivity index (χ0v) is 21.6. The van der Waals surface area contributed by atoms with E-state index in [-0.39, 0.29) is 29.2 Å². The van der Waals surface area contributed by atoms with Crippen LogP contribution in [0.25, 0.3) is 0 Å². The van der Waals surface area contributed by atoms with Crippen LogP contribution >= 0.6 is 0 Å². The van der Waals surface area contributed by atoms with E-state index in [0.717, 1.165) is 36.0 Å². The van der Waals surface area contributed by atoms with Gasteiger partial charge in [0, 0.05) is 0 Å². The predicted molar refractivity (Wildman–Crippen MR) is 134 cm³/mol. The lowest BCUT2D eigenvalue weighted by Gasteiger charge is -2.27. The van der Waals surface area contributed by atoms with Crippen molar-refractivity contribution in [1.29, 1.82) is 0 Å². The van der Waals surface area contributed by atoms with Gasteiger partial charge in [0.1, 0.15) is 5.75 Å². The molecule has 0 saturated heterocycles. The third-order valence-electron chi connectivity index (χ3n) is 6.27. The summed E-state index contributed by atoms with van der Waals surface area (Å²) in [5.74, 6) is -0.643. The van der Waals surface area contributed by atoms with Crippen LogP contribution in [-0.4, -0.2) is 18.5 Å². The van der Waals surface area contributed by atoms with E-state index in [1.54, 1.807) is 6.92 Å². The van der Waals surface area contributed by atoms with E-state index in [9.17, 15) is 9.59 Å². The summed E-state index contributed by atoms with van der Waals surface area (Å²) in [5, 5.41) is 0. The van der Waals surface area contributed by atoms with Crippen molar-refractivity contribution in [1.82, 2.24) is 0 Å². The molecular weight excluding hydrogens is 412 g/mol. The highest BCUT2D eigenvalue weighted by Crippen LogP contribution is 2.39. The first-order valence-electron chi connectivity index (χ1n) is 12.1. The third kappa shape index (κ3) is 6.93. The summed E-state index contributed by atoms with van der Waals surface area (Å²) < 4.78 is 11.2. The molecule has 4 nitrogen and oxygen atoms in total. The molecule has 0 amide bonds. The molecule has 0 aliphatic heterocycles. The number of aryl methyl sites for hydroxylation is 2. The Morgan fingerprint density at radius 3 is 2.18 bits per heavy atom. The van der Waals surface area contributed by atoms with Crippen LogP contribution in [0.3, 0.4) is 0 Å². The van der Waals surface area contributed by atoms with Crippen molar-refractivity contribution in [3.8, 4) is 5.75 Å². The predicted octanol–water partition coefficient (Wildman–Crippen LogP) is 7.16. The van der Waals surface area contributed by atoms with Crippen molar-refractivity contribution < 1.29 is 19.1 Å². The van der Waals surface area contributed by atoms with Gasteiger partial charge in [0.2, 0.25) is 0 Å². The molecule has 0 heterocycles. The minimum absolute atomic E-state index is 0.0801. The summed E-state index contributed by atoms with van der Waals surface area (Å²) in [6.07, 6.45) is 3.27. The van der Waals surface area contributed by atoms with E-state index >= 15 is 0 Å². The summed E-state index contributed by atoms with van der Waals surface area (Å²) in [7, 11) is 0. The maximum Gasteiger partial charge on any atom is 0.343 e. The Morgan fingerprint density at radius 2 is 1.64 bits per heavy atom. The maximum atomic E-state index is 13.0. The van der Waals surface area contributed by atoms with Gasteiger partial charge in [-0.3, -0.25) is 4.79 Å². The number of carbonyl (C=O) groups is 2. The normalized spacial score (nSPS) is 13.3. The molecule has 0 fully saturated rings. The first-order valence-corrected chi connectivity index (χ1v) is 12.1. The Kier molecular flexibility index (Phi) is 9.27. The Morgan fingerprint density at radius 1 is 1.00 bits per heavy atom. The number of hydrogen-bond donors (Lipinski definition) is 0. The number of hydrogen-bond acceptors (Lipinski definition) is 4. The first-order chi connectivity index (χ1) is 15.5. The van der Waals surface area contributed by atoms with Crippen molar-refractivity contribution >= 4 is 11.9 Å². The van der Waals surface area contributed by atoms with E-state index in [0.29, 0.717) is 17.9 Å². The van der Waals surface area contributed by atoms with Gasteiger partial charge in [0.15, 0.2) is 0 Å². The van der Waals surface area contributed by atoms with Gasteiger partial charge in [0.25, 0.3) is 0 Å². The lowest BCUT2D eigenvalue weighted by molar-refractivity contribution is -0.148. The number of benzene rings is 2. The lowest BCUT2D eigenvalue weighted by Crippen LogP contribution is -2.22. The molecule has 0 spiro atoms. The fourth-order valence-electron chi connectivity index (χ4n) is 3.80. The summed E-state index contributed by atoms with van der Waals surface area (Å²) in [6.45, 7) is 16.6. The number of carbonyl (C=O) groups excluding carboxylic acids is 2. The van der Waals surface area contributed by atoms with E-state index in [2.05, 4.69) is 39.8 Å². The average molecular weight is 453 g/mol. The third-order valence-corrected chi connectivity index (χ3v) is 6.27. The van der Waals surface area contributed by atoms with Crippen LogP contribution in [-0.2, 0) is 21.4 Å². The molecule has 33 heavy (non-hydrogen) atoms. The van der Waals surface area contributed by atoms with E-state index < -0.39 is 0 Å². The number of unbranched alkanes of at least 4 members (excludes halogenated alkanes) is 1. The van der Waals surface area contributed by atoms with Gasteiger partial charge in [-0.2, -0.15) is 0 Å². The Labute approximate surface area is 199 Å². The second kappa shape index (κ2) is 11.5. The molecule has 4 heteroatoms. The van der Waals surface area contributed by atoms with Crippen LogP contribution in [0.2, 0.25) is 0 Å². The highest BCUT2D eigenvalue weighted by atomic mass is 16.5. The SMILES string of the molecule is CCCCc1ccc(C(=O)Oc2c(C)cc(C(C)(C)C)cc2C(C)C(C)C(=O)OCC)cc1. The Balaban J connectivity index is 2.42. The molecule has 2 unspecified atom stereocenters. The monoisotopic (exact) mass is 452 g/mol. The Bertz CT molecular complexity index is 951. The first kappa shape index (κ1) is 26.6. The van der Waals surface area contributed by atoms with Gasteiger partial charge in [-0.1, -0.05) is 72.2 Å². The van der Waals surface area contributed by atoms with Crippen LogP contribution in [0.5, 0.6) is 5.75 Å². The number of ether oxygens (including phenoxy) is 2. The molecule has 2 atom stereocenters. The molecule has 0 saturated carbocycles. The number of rotatable bonds is 9. The van der Waals surface area contributed by atoms with Crippen LogP contribution in [0, 0.1) is 12.8 Å². The highest BCUT2D eigenvalue weighted by molar-refractivity contribution is 5.91. The zero-order chi connectivity index (χ0) is 24.8. The summed E-state index contributed by atoms with van der Waals surface area (Å²) >= 11 is 0. The molecule has 2 aromatic rings. The van der Waals surface area contributed by atoms with Crippen molar-refractivity contribution in [2.24, 2.45) is 5.92 Å². The van der Waals surface area contributed by atoms with Crippen molar-refractivity contribution in [2.75, 3.05) is 6.61 Å². The van der Waals surface area contributed by atoms with Gasteiger partial charge < -0.3 is 9.47 Å². The minimum atomic E-state index is -0.388. The maximum absolute atomic E-state index is 13.0. The molecule has 0 aliphatic rings. The van der Waals surface area contributed by atoms with Crippen LogP contribution < -0.4 is 4.74 Å². The molecule has 2 aromatic carbocycles. The molecule has 0 aliphatic carbocycles. The quantitative estimate of drug-likeness (QED) is 0.299.